The highest BCUT2D eigenvalue weighted by atomic mass is 15.1. The van der Waals surface area contributed by atoms with Gasteiger partial charge in [-0.25, -0.2) is 0 Å². The maximum absolute atomic E-state index is 2.41. The van der Waals surface area contributed by atoms with Gasteiger partial charge < -0.3 is 9.80 Å². The maximum atomic E-state index is 2.41. The molecule has 3 aromatic rings. The summed E-state index contributed by atoms with van der Waals surface area (Å²) in [5.41, 5.74) is 8.37. The molecule has 2 unspecified atom stereocenters. The van der Waals surface area contributed by atoms with Crippen LogP contribution in [0.3, 0.4) is 0 Å². The molecule has 2 nitrogen and oxygen atoms in total. The van der Waals surface area contributed by atoms with Crippen LogP contribution in [0.15, 0.2) is 72.8 Å². The van der Waals surface area contributed by atoms with Crippen LogP contribution >= 0.6 is 0 Å². The van der Waals surface area contributed by atoms with E-state index in [-0.39, 0.29) is 0 Å². The molecule has 36 heavy (non-hydrogen) atoms. The molecule has 194 valence electrons. The Hall–Kier alpha value is -2.74. The minimum atomic E-state index is 0.452. The summed E-state index contributed by atoms with van der Waals surface area (Å²) >= 11 is 0. The normalized spacial score (nSPS) is 12.8. The van der Waals surface area contributed by atoms with Crippen molar-refractivity contribution in [2.75, 3.05) is 36.0 Å². The van der Waals surface area contributed by atoms with Crippen molar-refractivity contribution in [2.45, 2.75) is 79.1 Å². The number of nitrogens with zero attached hydrogens (tertiary/aromatic N) is 2. The van der Waals surface area contributed by atoms with E-state index in [0.29, 0.717) is 11.8 Å². The zero-order valence-corrected chi connectivity index (χ0v) is 23.6. The average Bonchev–Trinajstić information content (AvgIpc) is 2.93. The van der Waals surface area contributed by atoms with Crippen molar-refractivity contribution >= 4 is 11.4 Å². The Morgan fingerprint density at radius 3 is 0.889 bits per heavy atom. The minimum absolute atomic E-state index is 0.452. The molecule has 0 aliphatic heterocycles. The summed E-state index contributed by atoms with van der Waals surface area (Å²) in [5, 5.41) is 0. The van der Waals surface area contributed by atoms with E-state index in [0.717, 1.165) is 26.2 Å². The van der Waals surface area contributed by atoms with Crippen molar-refractivity contribution in [2.24, 2.45) is 0 Å². The van der Waals surface area contributed by atoms with Gasteiger partial charge in [0.15, 0.2) is 0 Å². The highest BCUT2D eigenvalue weighted by molar-refractivity contribution is 5.50. The van der Waals surface area contributed by atoms with Crippen molar-refractivity contribution in [1.29, 1.82) is 0 Å². The van der Waals surface area contributed by atoms with E-state index in [2.05, 4.69) is 124 Å². The van der Waals surface area contributed by atoms with E-state index in [1.807, 2.05) is 0 Å². The fourth-order valence-electron chi connectivity index (χ4n) is 5.60. The van der Waals surface area contributed by atoms with Crippen LogP contribution < -0.4 is 9.80 Å². The van der Waals surface area contributed by atoms with Crippen molar-refractivity contribution in [3.05, 3.63) is 95.1 Å². The van der Waals surface area contributed by atoms with E-state index < -0.39 is 0 Å². The molecule has 0 bridgehead atoms. The number of anilines is 2. The van der Waals surface area contributed by atoms with Gasteiger partial charge in [-0.2, -0.15) is 0 Å². The van der Waals surface area contributed by atoms with Gasteiger partial charge >= 0.3 is 0 Å². The third-order valence-corrected chi connectivity index (χ3v) is 7.74. The van der Waals surface area contributed by atoms with Gasteiger partial charge in [-0.15, -0.1) is 0 Å². The molecule has 0 aliphatic carbocycles. The second-order valence-corrected chi connectivity index (χ2v) is 9.88. The van der Waals surface area contributed by atoms with Gasteiger partial charge in [-0.1, -0.05) is 75.2 Å². The highest BCUT2D eigenvalue weighted by Crippen LogP contribution is 2.34. The van der Waals surface area contributed by atoms with Crippen LogP contribution in [-0.4, -0.2) is 26.2 Å². The van der Waals surface area contributed by atoms with Crippen LogP contribution in [0, 0.1) is 0 Å². The quantitative estimate of drug-likeness (QED) is 0.225. The summed E-state index contributed by atoms with van der Waals surface area (Å²) in [7, 11) is 0. The number of hydrogen-bond donors (Lipinski definition) is 0. The van der Waals surface area contributed by atoms with Crippen LogP contribution in [0.1, 0.15) is 101 Å². The molecule has 2 atom stereocenters. The first kappa shape index (κ1) is 27.8. The summed E-state index contributed by atoms with van der Waals surface area (Å²) in [6.07, 6.45) is 4.72. The van der Waals surface area contributed by atoms with E-state index in [1.54, 1.807) is 0 Å². The maximum Gasteiger partial charge on any atom is 0.0366 e. The number of benzene rings is 3. The zero-order valence-electron chi connectivity index (χ0n) is 23.6. The van der Waals surface area contributed by atoms with E-state index in [4.69, 9.17) is 0 Å². The summed E-state index contributed by atoms with van der Waals surface area (Å²) < 4.78 is 0. The molecule has 0 saturated carbocycles. The molecular weight excluding hydrogens is 436 g/mol. The molecule has 0 spiro atoms. The van der Waals surface area contributed by atoms with E-state index in [9.17, 15) is 0 Å². The summed E-state index contributed by atoms with van der Waals surface area (Å²) in [6, 6.07) is 28.2. The van der Waals surface area contributed by atoms with Crippen molar-refractivity contribution in [3.63, 3.8) is 0 Å². The Bertz CT molecular complexity index is 912. The third-order valence-electron chi connectivity index (χ3n) is 7.74. The lowest BCUT2D eigenvalue weighted by molar-refractivity contribution is 0.688. The fourth-order valence-corrected chi connectivity index (χ4v) is 5.60. The second kappa shape index (κ2) is 14.1. The average molecular weight is 485 g/mol. The van der Waals surface area contributed by atoms with Crippen LogP contribution in [0.4, 0.5) is 11.4 Å². The zero-order chi connectivity index (χ0) is 25.9. The van der Waals surface area contributed by atoms with Crippen LogP contribution in [0.25, 0.3) is 0 Å². The smallest absolute Gasteiger partial charge is 0.0366 e. The van der Waals surface area contributed by atoms with Gasteiger partial charge in [0.2, 0.25) is 0 Å². The molecule has 0 aliphatic rings. The predicted molar refractivity (Wildman–Crippen MR) is 160 cm³/mol. The first-order valence-electron chi connectivity index (χ1n) is 14.4. The number of hydrogen-bond acceptors (Lipinski definition) is 2. The van der Waals surface area contributed by atoms with Crippen LogP contribution in [0.5, 0.6) is 0 Å². The number of rotatable bonds is 14. The minimum Gasteiger partial charge on any atom is -0.372 e. The molecule has 0 fully saturated rings. The molecule has 0 N–H and O–H groups in total. The van der Waals surface area contributed by atoms with Gasteiger partial charge in [0, 0.05) is 49.4 Å². The molecule has 3 rings (SSSR count). The monoisotopic (exact) mass is 484 g/mol. The lowest BCUT2D eigenvalue weighted by Crippen LogP contribution is -2.21. The fraction of sp³-hybridized carbons (Fsp3) is 0.471. The van der Waals surface area contributed by atoms with Crippen molar-refractivity contribution in [3.8, 4) is 0 Å². The van der Waals surface area contributed by atoms with Crippen LogP contribution in [-0.2, 0) is 0 Å². The van der Waals surface area contributed by atoms with Gasteiger partial charge in [0.05, 0.1) is 0 Å². The van der Waals surface area contributed by atoms with Gasteiger partial charge in [0.25, 0.3) is 0 Å². The van der Waals surface area contributed by atoms with E-state index >= 15 is 0 Å². The molecule has 0 radical (unpaired) electrons. The molecule has 3 aromatic carbocycles. The summed E-state index contributed by atoms with van der Waals surface area (Å²) in [5.74, 6) is 0.903. The lowest BCUT2D eigenvalue weighted by atomic mass is 9.84. The highest BCUT2D eigenvalue weighted by Gasteiger charge is 2.17. The summed E-state index contributed by atoms with van der Waals surface area (Å²) in [4.78, 5) is 4.83. The first-order chi connectivity index (χ1) is 17.6. The van der Waals surface area contributed by atoms with Gasteiger partial charge in [-0.3, -0.25) is 0 Å². The Morgan fingerprint density at radius 2 is 0.667 bits per heavy atom. The van der Waals surface area contributed by atoms with E-state index in [1.165, 1.54) is 59.3 Å². The van der Waals surface area contributed by atoms with Crippen molar-refractivity contribution < 1.29 is 0 Å². The molecule has 0 amide bonds. The predicted octanol–water partition coefficient (Wildman–Crippen LogP) is 9.24. The molecule has 0 aromatic heterocycles. The Balaban J connectivity index is 1.84. The third kappa shape index (κ3) is 6.72. The second-order valence-electron chi connectivity index (χ2n) is 9.88. The van der Waals surface area contributed by atoms with Crippen LogP contribution in [0.2, 0.25) is 0 Å². The first-order valence-corrected chi connectivity index (χ1v) is 14.4. The topological polar surface area (TPSA) is 6.48 Å². The standard InChI is InChI=1S/C34H48N2/c1-7-13-33(29-19-23-31(24-20-29)35(9-3)10-4)27-15-17-28(18-16-27)34(14-8-2)30-21-25-32(26-22-30)36(11-5)12-6/h15-26,33-34H,7-14H2,1-6H3. The summed E-state index contributed by atoms with van der Waals surface area (Å²) in [6.45, 7) is 17.7. The van der Waals surface area contributed by atoms with Gasteiger partial charge in [-0.05, 0) is 87.1 Å². The Kier molecular flexibility index (Phi) is 10.9. The molecule has 0 saturated heterocycles. The Labute approximate surface area is 221 Å². The lowest BCUT2D eigenvalue weighted by Gasteiger charge is -2.24. The largest absolute Gasteiger partial charge is 0.372 e. The van der Waals surface area contributed by atoms with Gasteiger partial charge in [0.1, 0.15) is 0 Å². The molecule has 2 heteroatoms. The Morgan fingerprint density at radius 1 is 0.417 bits per heavy atom. The molecule has 0 heterocycles. The molecular formula is C34H48N2. The van der Waals surface area contributed by atoms with Crippen molar-refractivity contribution in [1.82, 2.24) is 0 Å². The SMILES string of the molecule is CCCC(c1ccc(C(CCC)c2ccc(N(CC)CC)cc2)cc1)c1ccc(N(CC)CC)cc1.